The van der Waals surface area contributed by atoms with Crippen LogP contribution in [0.25, 0.3) is 0 Å². The fourth-order valence-corrected chi connectivity index (χ4v) is 2.08. The largest absolute Gasteiger partial charge is 0.347 e. The summed E-state index contributed by atoms with van der Waals surface area (Å²) in [6.07, 6.45) is 1.93. The molecule has 0 aromatic rings. The second-order valence-corrected chi connectivity index (χ2v) is 6.83. The van der Waals surface area contributed by atoms with Crippen molar-refractivity contribution in [2.45, 2.75) is 53.0 Å². The minimum Gasteiger partial charge on any atom is -0.347 e. The summed E-state index contributed by atoms with van der Waals surface area (Å²) < 4.78 is 0. The molecule has 5 nitrogen and oxygen atoms in total. The summed E-state index contributed by atoms with van der Waals surface area (Å²) in [4.78, 5) is 27.1. The van der Waals surface area contributed by atoms with Gasteiger partial charge in [0.15, 0.2) is 0 Å². The van der Waals surface area contributed by atoms with Gasteiger partial charge in [0.05, 0.1) is 6.54 Å². The molecule has 0 rings (SSSR count). The van der Waals surface area contributed by atoms with Crippen molar-refractivity contribution in [3.8, 4) is 0 Å². The van der Waals surface area contributed by atoms with Crippen LogP contribution in [0.15, 0.2) is 0 Å². The molecule has 0 radical (unpaired) electrons. The van der Waals surface area contributed by atoms with Gasteiger partial charge >= 0.3 is 0 Å². The van der Waals surface area contributed by atoms with Crippen molar-refractivity contribution in [1.82, 2.24) is 9.80 Å². The molecular formula is C15H31N3O2. The maximum Gasteiger partial charge on any atom is 0.241 e. The van der Waals surface area contributed by atoms with Crippen molar-refractivity contribution in [1.29, 1.82) is 0 Å². The number of likely N-dealkylation sites (N-methyl/N-ethyl adjacent to an activating group) is 1. The molecule has 1 atom stereocenters. The molecule has 5 heteroatoms. The number of hydrogen-bond donors (Lipinski definition) is 1. The first-order valence-corrected chi connectivity index (χ1v) is 7.30. The zero-order chi connectivity index (χ0) is 15.9. The van der Waals surface area contributed by atoms with Gasteiger partial charge in [0.1, 0.15) is 0 Å². The van der Waals surface area contributed by atoms with Crippen molar-refractivity contribution in [2.75, 3.05) is 27.2 Å². The second kappa shape index (κ2) is 8.25. The molecular weight excluding hydrogens is 254 g/mol. The number of rotatable bonds is 7. The number of carbonyl (C=O) groups excluding carboxylic acids is 2. The average molecular weight is 285 g/mol. The fraction of sp³-hybridized carbons (Fsp3) is 0.867. The lowest BCUT2D eigenvalue weighted by atomic mass is 9.87. The standard InChI is InChI=1S/C15H31N3O2/c1-7-8-18(11-14(20)17(5)6)13(19)9-12(16)10-15(2,3)4/h12H,7-11,16H2,1-6H3. The lowest BCUT2D eigenvalue weighted by molar-refractivity contribution is -0.139. The quantitative estimate of drug-likeness (QED) is 0.770. The Balaban J connectivity index is 4.53. The summed E-state index contributed by atoms with van der Waals surface area (Å²) in [6, 6.07) is -0.156. The van der Waals surface area contributed by atoms with Crippen LogP contribution in [-0.2, 0) is 9.59 Å². The molecule has 0 saturated carbocycles. The normalized spacial score (nSPS) is 12.9. The van der Waals surface area contributed by atoms with Crippen LogP contribution in [0.3, 0.4) is 0 Å². The lowest BCUT2D eigenvalue weighted by Gasteiger charge is -2.27. The lowest BCUT2D eigenvalue weighted by Crippen LogP contribution is -2.43. The molecule has 0 aliphatic rings. The predicted octanol–water partition coefficient (Wildman–Crippen LogP) is 1.47. The van der Waals surface area contributed by atoms with E-state index in [-0.39, 0.29) is 29.8 Å². The highest BCUT2D eigenvalue weighted by molar-refractivity contribution is 5.84. The molecule has 20 heavy (non-hydrogen) atoms. The Labute approximate surface area is 123 Å². The van der Waals surface area contributed by atoms with Crippen LogP contribution in [-0.4, -0.2) is 54.8 Å². The predicted molar refractivity (Wildman–Crippen MR) is 82.2 cm³/mol. The van der Waals surface area contributed by atoms with E-state index in [1.54, 1.807) is 19.0 Å². The Morgan fingerprint density at radius 3 is 2.10 bits per heavy atom. The van der Waals surface area contributed by atoms with Crippen LogP contribution >= 0.6 is 0 Å². The van der Waals surface area contributed by atoms with Gasteiger partial charge in [-0.15, -0.1) is 0 Å². The van der Waals surface area contributed by atoms with Crippen LogP contribution in [0.2, 0.25) is 0 Å². The minimum absolute atomic E-state index is 0.0289. The number of nitrogens with zero attached hydrogens (tertiary/aromatic N) is 2. The molecule has 2 amide bonds. The average Bonchev–Trinajstić information content (AvgIpc) is 2.25. The Morgan fingerprint density at radius 2 is 1.70 bits per heavy atom. The van der Waals surface area contributed by atoms with E-state index < -0.39 is 0 Å². The van der Waals surface area contributed by atoms with Crippen molar-refractivity contribution in [2.24, 2.45) is 11.1 Å². The van der Waals surface area contributed by atoms with Crippen LogP contribution in [0, 0.1) is 5.41 Å². The van der Waals surface area contributed by atoms with Gasteiger partial charge in [-0.1, -0.05) is 27.7 Å². The van der Waals surface area contributed by atoms with Crippen LogP contribution < -0.4 is 5.73 Å². The fourth-order valence-electron chi connectivity index (χ4n) is 2.08. The summed E-state index contributed by atoms with van der Waals surface area (Å²) in [6.45, 7) is 9.06. The zero-order valence-electron chi connectivity index (χ0n) is 13.9. The molecule has 0 spiro atoms. The Hall–Kier alpha value is -1.10. The summed E-state index contributed by atoms with van der Waals surface area (Å²) >= 11 is 0. The molecule has 0 fully saturated rings. The van der Waals surface area contributed by atoms with Gasteiger partial charge in [-0.2, -0.15) is 0 Å². The summed E-state index contributed by atoms with van der Waals surface area (Å²) in [5.74, 6) is -0.0880. The summed E-state index contributed by atoms with van der Waals surface area (Å²) in [5.41, 5.74) is 6.15. The van der Waals surface area contributed by atoms with Gasteiger partial charge in [0.25, 0.3) is 0 Å². The van der Waals surface area contributed by atoms with Crippen LogP contribution in [0.5, 0.6) is 0 Å². The van der Waals surface area contributed by atoms with E-state index in [4.69, 9.17) is 5.73 Å². The molecule has 2 N–H and O–H groups in total. The third-order valence-electron chi connectivity index (χ3n) is 2.98. The molecule has 118 valence electrons. The van der Waals surface area contributed by atoms with Crippen molar-refractivity contribution < 1.29 is 9.59 Å². The van der Waals surface area contributed by atoms with E-state index in [1.165, 1.54) is 4.90 Å². The SMILES string of the molecule is CCCN(CC(=O)N(C)C)C(=O)CC(N)CC(C)(C)C. The van der Waals surface area contributed by atoms with Crippen molar-refractivity contribution in [3.63, 3.8) is 0 Å². The van der Waals surface area contributed by atoms with Gasteiger partial charge in [-0.3, -0.25) is 9.59 Å². The first-order chi connectivity index (χ1) is 9.06. The van der Waals surface area contributed by atoms with Crippen molar-refractivity contribution >= 4 is 11.8 Å². The summed E-state index contributed by atoms with van der Waals surface area (Å²) in [7, 11) is 3.39. The highest BCUT2D eigenvalue weighted by atomic mass is 16.2. The maximum atomic E-state index is 12.3. The van der Waals surface area contributed by atoms with E-state index in [0.717, 1.165) is 12.8 Å². The molecule has 0 saturated heterocycles. The first-order valence-electron chi connectivity index (χ1n) is 7.30. The van der Waals surface area contributed by atoms with Gasteiger partial charge in [0.2, 0.25) is 11.8 Å². The van der Waals surface area contributed by atoms with E-state index in [1.807, 2.05) is 6.92 Å². The van der Waals surface area contributed by atoms with Gasteiger partial charge in [-0.25, -0.2) is 0 Å². The molecule has 1 unspecified atom stereocenters. The number of hydrogen-bond acceptors (Lipinski definition) is 3. The van der Waals surface area contributed by atoms with E-state index in [2.05, 4.69) is 20.8 Å². The molecule has 0 aromatic heterocycles. The Bertz CT molecular complexity index is 322. The van der Waals surface area contributed by atoms with Crippen LogP contribution in [0.4, 0.5) is 0 Å². The minimum atomic E-state index is -0.156. The number of nitrogens with two attached hydrogens (primary N) is 1. The van der Waals surface area contributed by atoms with Crippen LogP contribution in [0.1, 0.15) is 47.0 Å². The topological polar surface area (TPSA) is 66.6 Å². The Kier molecular flexibility index (Phi) is 7.79. The molecule has 0 aliphatic heterocycles. The Morgan fingerprint density at radius 1 is 1.15 bits per heavy atom. The van der Waals surface area contributed by atoms with Gasteiger partial charge in [-0.05, 0) is 18.3 Å². The highest BCUT2D eigenvalue weighted by Crippen LogP contribution is 2.21. The monoisotopic (exact) mass is 285 g/mol. The first kappa shape index (κ1) is 18.9. The molecule has 0 bridgehead atoms. The summed E-state index contributed by atoms with van der Waals surface area (Å²) in [5, 5.41) is 0. The van der Waals surface area contributed by atoms with E-state index in [0.29, 0.717) is 13.0 Å². The zero-order valence-corrected chi connectivity index (χ0v) is 13.9. The highest BCUT2D eigenvalue weighted by Gasteiger charge is 2.22. The molecule has 0 aliphatic carbocycles. The van der Waals surface area contributed by atoms with Gasteiger partial charge in [0, 0.05) is 33.1 Å². The number of carbonyl (C=O) groups is 2. The third kappa shape index (κ3) is 8.15. The van der Waals surface area contributed by atoms with E-state index in [9.17, 15) is 9.59 Å². The second-order valence-electron chi connectivity index (χ2n) is 6.83. The number of amides is 2. The maximum absolute atomic E-state index is 12.3. The third-order valence-corrected chi connectivity index (χ3v) is 2.98. The molecule has 0 heterocycles. The molecule has 0 aromatic carbocycles. The smallest absolute Gasteiger partial charge is 0.241 e. The van der Waals surface area contributed by atoms with Crippen molar-refractivity contribution in [3.05, 3.63) is 0 Å². The van der Waals surface area contributed by atoms with E-state index >= 15 is 0 Å². The van der Waals surface area contributed by atoms with Gasteiger partial charge < -0.3 is 15.5 Å².